The van der Waals surface area contributed by atoms with E-state index in [0.717, 1.165) is 27.9 Å². The van der Waals surface area contributed by atoms with Crippen LogP contribution in [-0.2, 0) is 20.1 Å². The van der Waals surface area contributed by atoms with E-state index >= 15 is 0 Å². The molecule has 28 heavy (non-hydrogen) atoms. The Kier molecular flexibility index (Phi) is 4.85. The number of carbonyl (C=O) groups is 1. The van der Waals surface area contributed by atoms with Crippen molar-refractivity contribution in [3.63, 3.8) is 0 Å². The quantitative estimate of drug-likeness (QED) is 0.538. The van der Waals surface area contributed by atoms with Gasteiger partial charge in [-0.25, -0.2) is 0 Å². The van der Waals surface area contributed by atoms with Gasteiger partial charge in [0.15, 0.2) is 0 Å². The van der Waals surface area contributed by atoms with Crippen LogP contribution in [0.25, 0.3) is 10.9 Å². The van der Waals surface area contributed by atoms with Crippen molar-refractivity contribution in [3.8, 4) is 0 Å². The van der Waals surface area contributed by atoms with Crippen LogP contribution >= 0.6 is 0 Å². The Bertz CT molecular complexity index is 1120. The molecule has 0 atom stereocenters. The Morgan fingerprint density at radius 3 is 2.68 bits per heavy atom. The number of rotatable bonds is 5. The molecule has 0 bridgehead atoms. The predicted octanol–water partition coefficient (Wildman–Crippen LogP) is 3.51. The van der Waals surface area contributed by atoms with E-state index in [4.69, 9.17) is 0 Å². The molecule has 6 nitrogen and oxygen atoms in total. The van der Waals surface area contributed by atoms with Crippen LogP contribution in [0.1, 0.15) is 27.3 Å². The molecule has 0 spiro atoms. The van der Waals surface area contributed by atoms with Crippen LogP contribution in [0.15, 0.2) is 67.1 Å². The highest BCUT2D eigenvalue weighted by Crippen LogP contribution is 2.17. The van der Waals surface area contributed by atoms with Gasteiger partial charge in [0, 0.05) is 37.6 Å². The van der Waals surface area contributed by atoms with Crippen LogP contribution in [0.3, 0.4) is 0 Å². The van der Waals surface area contributed by atoms with Crippen molar-refractivity contribution in [1.29, 1.82) is 0 Å². The summed E-state index contributed by atoms with van der Waals surface area (Å²) in [6, 6.07) is 15.5. The number of benzene rings is 1. The fourth-order valence-corrected chi connectivity index (χ4v) is 3.29. The van der Waals surface area contributed by atoms with E-state index in [1.54, 1.807) is 23.5 Å². The number of carbonyl (C=O) groups excluding carboxylic acids is 1. The lowest BCUT2D eigenvalue weighted by Crippen LogP contribution is -2.31. The second-order valence-corrected chi connectivity index (χ2v) is 6.84. The summed E-state index contributed by atoms with van der Waals surface area (Å²) in [6.45, 7) is 2.87. The van der Waals surface area contributed by atoms with Crippen LogP contribution in [0, 0.1) is 6.92 Å². The van der Waals surface area contributed by atoms with Crippen molar-refractivity contribution in [3.05, 3.63) is 89.6 Å². The van der Waals surface area contributed by atoms with Crippen LogP contribution in [0.4, 0.5) is 0 Å². The summed E-state index contributed by atoms with van der Waals surface area (Å²) in [4.78, 5) is 23.8. The van der Waals surface area contributed by atoms with Crippen molar-refractivity contribution in [2.24, 2.45) is 7.05 Å². The zero-order valence-electron chi connectivity index (χ0n) is 15.9. The fraction of sp³-hybridized carbons (Fsp3) is 0.182. The minimum atomic E-state index is -0.0686. The highest BCUT2D eigenvalue weighted by atomic mass is 16.2. The number of nitrogens with zero attached hydrogens (tertiary/aromatic N) is 5. The summed E-state index contributed by atoms with van der Waals surface area (Å²) in [6.07, 6.45) is 5.16. The van der Waals surface area contributed by atoms with Crippen molar-refractivity contribution < 1.29 is 4.79 Å². The second-order valence-electron chi connectivity index (χ2n) is 6.84. The van der Waals surface area contributed by atoms with Gasteiger partial charge in [-0.05, 0) is 36.8 Å². The number of aromatic nitrogens is 4. The normalized spacial score (nSPS) is 10.9. The number of amides is 1. The van der Waals surface area contributed by atoms with Gasteiger partial charge in [-0.3, -0.25) is 19.4 Å². The third kappa shape index (κ3) is 3.76. The molecule has 1 aromatic carbocycles. The number of hydrogen-bond acceptors (Lipinski definition) is 4. The van der Waals surface area contributed by atoms with Crippen LogP contribution in [0.5, 0.6) is 0 Å². The second kappa shape index (κ2) is 7.60. The molecule has 0 saturated carbocycles. The van der Waals surface area contributed by atoms with Gasteiger partial charge in [-0.1, -0.05) is 24.3 Å². The lowest BCUT2D eigenvalue weighted by Gasteiger charge is -2.23. The maximum atomic E-state index is 13.4. The molecule has 3 heterocycles. The monoisotopic (exact) mass is 371 g/mol. The van der Waals surface area contributed by atoms with E-state index in [9.17, 15) is 4.79 Å². The van der Waals surface area contributed by atoms with Crippen molar-refractivity contribution in [2.45, 2.75) is 20.0 Å². The Morgan fingerprint density at radius 2 is 1.93 bits per heavy atom. The van der Waals surface area contributed by atoms with E-state index in [-0.39, 0.29) is 5.91 Å². The molecule has 0 N–H and O–H groups in total. The van der Waals surface area contributed by atoms with Gasteiger partial charge in [0.1, 0.15) is 0 Å². The first-order valence-corrected chi connectivity index (χ1v) is 9.12. The molecule has 140 valence electrons. The molecule has 0 fully saturated rings. The number of hydrogen-bond donors (Lipinski definition) is 0. The van der Waals surface area contributed by atoms with Gasteiger partial charge in [0.05, 0.1) is 29.0 Å². The minimum Gasteiger partial charge on any atom is -0.328 e. The molecule has 0 unspecified atom stereocenters. The molecule has 0 radical (unpaired) electrons. The molecule has 0 aliphatic rings. The maximum absolute atomic E-state index is 13.4. The molecule has 1 amide bonds. The number of pyridine rings is 2. The zero-order chi connectivity index (χ0) is 19.5. The van der Waals surface area contributed by atoms with Gasteiger partial charge < -0.3 is 4.90 Å². The molecule has 3 aromatic heterocycles. The largest absolute Gasteiger partial charge is 0.328 e. The SMILES string of the molecule is Cc1cc(CN(Cc2cccnc2)C(=O)c2cnc3ccccc3c2)n(C)n1. The number of fused-ring (bicyclic) bond motifs is 1. The molecule has 0 saturated heterocycles. The summed E-state index contributed by atoms with van der Waals surface area (Å²) >= 11 is 0. The Hall–Kier alpha value is -3.54. The van der Waals surface area contributed by atoms with E-state index in [0.29, 0.717) is 18.7 Å². The first-order chi connectivity index (χ1) is 13.6. The maximum Gasteiger partial charge on any atom is 0.256 e. The average Bonchev–Trinajstić information content (AvgIpc) is 3.04. The molecular weight excluding hydrogens is 350 g/mol. The number of aryl methyl sites for hydroxylation is 2. The first-order valence-electron chi connectivity index (χ1n) is 9.12. The third-order valence-corrected chi connectivity index (χ3v) is 4.67. The van der Waals surface area contributed by atoms with Gasteiger partial charge in [0.25, 0.3) is 5.91 Å². The molecular formula is C22H21N5O. The predicted molar refractivity (Wildman–Crippen MR) is 108 cm³/mol. The topological polar surface area (TPSA) is 63.9 Å². The Balaban J connectivity index is 1.68. The summed E-state index contributed by atoms with van der Waals surface area (Å²) in [5.41, 5.74) is 4.33. The molecule has 0 aliphatic heterocycles. The summed E-state index contributed by atoms with van der Waals surface area (Å²) in [7, 11) is 1.90. The standard InChI is InChI=1S/C22H21N5O/c1-16-10-20(26(2)25-16)15-27(14-17-6-5-9-23-12-17)22(28)19-11-18-7-3-4-8-21(18)24-13-19/h3-13H,14-15H2,1-2H3. The molecule has 4 rings (SSSR count). The summed E-state index contributed by atoms with van der Waals surface area (Å²) in [5, 5.41) is 5.35. The van der Waals surface area contributed by atoms with Crippen LogP contribution < -0.4 is 0 Å². The van der Waals surface area contributed by atoms with Crippen molar-refractivity contribution >= 4 is 16.8 Å². The Morgan fingerprint density at radius 1 is 1.07 bits per heavy atom. The lowest BCUT2D eigenvalue weighted by molar-refractivity contribution is 0.0725. The fourth-order valence-electron chi connectivity index (χ4n) is 3.29. The highest BCUT2D eigenvalue weighted by molar-refractivity contribution is 5.97. The van der Waals surface area contributed by atoms with Gasteiger partial charge in [-0.15, -0.1) is 0 Å². The van der Waals surface area contributed by atoms with E-state index in [1.165, 1.54) is 0 Å². The van der Waals surface area contributed by atoms with Gasteiger partial charge in [-0.2, -0.15) is 5.10 Å². The van der Waals surface area contributed by atoms with E-state index in [2.05, 4.69) is 15.1 Å². The van der Waals surface area contributed by atoms with Gasteiger partial charge >= 0.3 is 0 Å². The first kappa shape index (κ1) is 17.9. The zero-order valence-corrected chi connectivity index (χ0v) is 15.9. The van der Waals surface area contributed by atoms with E-state index in [1.807, 2.05) is 67.2 Å². The van der Waals surface area contributed by atoms with E-state index < -0.39 is 0 Å². The molecule has 6 heteroatoms. The lowest BCUT2D eigenvalue weighted by atomic mass is 10.1. The summed E-state index contributed by atoms with van der Waals surface area (Å²) < 4.78 is 1.82. The minimum absolute atomic E-state index is 0.0686. The smallest absolute Gasteiger partial charge is 0.256 e. The van der Waals surface area contributed by atoms with Crippen molar-refractivity contribution in [2.75, 3.05) is 0 Å². The molecule has 0 aliphatic carbocycles. The van der Waals surface area contributed by atoms with Crippen LogP contribution in [0.2, 0.25) is 0 Å². The molecule has 4 aromatic rings. The Labute approximate surface area is 163 Å². The highest BCUT2D eigenvalue weighted by Gasteiger charge is 2.19. The third-order valence-electron chi connectivity index (χ3n) is 4.67. The van der Waals surface area contributed by atoms with Crippen molar-refractivity contribution in [1.82, 2.24) is 24.6 Å². The van der Waals surface area contributed by atoms with Crippen LogP contribution in [-0.4, -0.2) is 30.6 Å². The van der Waals surface area contributed by atoms with Gasteiger partial charge in [0.2, 0.25) is 0 Å². The number of para-hydroxylation sites is 1. The summed E-state index contributed by atoms with van der Waals surface area (Å²) in [5.74, 6) is -0.0686. The average molecular weight is 371 g/mol.